The van der Waals surface area contributed by atoms with Crippen molar-refractivity contribution >= 4 is 0 Å². The topological polar surface area (TPSA) is 21.3 Å². The average Bonchev–Trinajstić information content (AvgIpc) is 2.46. The molecule has 0 heterocycles. The van der Waals surface area contributed by atoms with Crippen molar-refractivity contribution in [1.29, 1.82) is 0 Å². The Morgan fingerprint density at radius 3 is 2.60 bits per heavy atom. The van der Waals surface area contributed by atoms with Crippen molar-refractivity contribution in [2.24, 2.45) is 0 Å². The Kier molecular flexibility index (Phi) is 9.35. The molecule has 1 aromatic carbocycles. The van der Waals surface area contributed by atoms with Gasteiger partial charge in [0, 0.05) is 19.7 Å². The van der Waals surface area contributed by atoms with Crippen LogP contribution in [0.2, 0.25) is 0 Å². The lowest BCUT2D eigenvalue weighted by atomic mass is 10.1. The third-order valence-corrected chi connectivity index (χ3v) is 3.70. The average molecular weight is 277 g/mol. The molecule has 0 amide bonds. The second-order valence-corrected chi connectivity index (χ2v) is 5.74. The molecule has 0 bridgehead atoms. The van der Waals surface area contributed by atoms with Crippen molar-refractivity contribution in [3.63, 3.8) is 0 Å². The van der Waals surface area contributed by atoms with E-state index in [1.807, 2.05) is 0 Å². The number of hydrogen-bond donors (Lipinski definition) is 1. The van der Waals surface area contributed by atoms with Crippen LogP contribution < -0.4 is 5.32 Å². The van der Waals surface area contributed by atoms with Gasteiger partial charge in [-0.2, -0.15) is 0 Å². The first kappa shape index (κ1) is 17.2. The van der Waals surface area contributed by atoms with E-state index in [-0.39, 0.29) is 0 Å². The van der Waals surface area contributed by atoms with Crippen molar-refractivity contribution in [2.45, 2.75) is 71.6 Å². The van der Waals surface area contributed by atoms with Crippen LogP contribution >= 0.6 is 0 Å². The summed E-state index contributed by atoms with van der Waals surface area (Å²) in [6.45, 7) is 6.20. The molecule has 0 spiro atoms. The van der Waals surface area contributed by atoms with Gasteiger partial charge in [-0.25, -0.2) is 0 Å². The van der Waals surface area contributed by atoms with E-state index in [1.165, 1.54) is 49.7 Å². The fraction of sp³-hybridized carbons (Fsp3) is 0.667. The van der Waals surface area contributed by atoms with Gasteiger partial charge in [-0.05, 0) is 24.5 Å². The van der Waals surface area contributed by atoms with Gasteiger partial charge in [0.05, 0.1) is 6.61 Å². The number of benzene rings is 1. The van der Waals surface area contributed by atoms with Gasteiger partial charge in [-0.15, -0.1) is 0 Å². The van der Waals surface area contributed by atoms with Gasteiger partial charge in [0.25, 0.3) is 0 Å². The van der Waals surface area contributed by atoms with Gasteiger partial charge >= 0.3 is 0 Å². The van der Waals surface area contributed by atoms with Crippen LogP contribution in [0.25, 0.3) is 0 Å². The van der Waals surface area contributed by atoms with Crippen molar-refractivity contribution in [3.8, 4) is 0 Å². The molecule has 2 nitrogen and oxygen atoms in total. The van der Waals surface area contributed by atoms with E-state index in [4.69, 9.17) is 4.74 Å². The van der Waals surface area contributed by atoms with Crippen molar-refractivity contribution in [2.75, 3.05) is 7.11 Å². The maximum absolute atomic E-state index is 5.17. The summed E-state index contributed by atoms with van der Waals surface area (Å²) >= 11 is 0. The molecule has 1 rings (SSSR count). The first-order valence-electron chi connectivity index (χ1n) is 8.06. The lowest BCUT2D eigenvalue weighted by Gasteiger charge is -2.14. The molecule has 0 radical (unpaired) electrons. The maximum atomic E-state index is 5.17. The fourth-order valence-corrected chi connectivity index (χ4v) is 2.44. The molecule has 0 aliphatic heterocycles. The minimum atomic E-state index is 0.600. The predicted octanol–water partition coefficient (Wildman–Crippen LogP) is 4.67. The van der Waals surface area contributed by atoms with E-state index in [9.17, 15) is 0 Å². The Morgan fingerprint density at radius 1 is 1.10 bits per heavy atom. The lowest BCUT2D eigenvalue weighted by molar-refractivity contribution is 0.185. The largest absolute Gasteiger partial charge is 0.380 e. The molecule has 0 saturated heterocycles. The zero-order valence-electron chi connectivity index (χ0n) is 13.5. The summed E-state index contributed by atoms with van der Waals surface area (Å²) < 4.78 is 5.17. The molecule has 114 valence electrons. The van der Waals surface area contributed by atoms with Crippen LogP contribution in [0.4, 0.5) is 0 Å². The van der Waals surface area contributed by atoms with E-state index < -0.39 is 0 Å². The van der Waals surface area contributed by atoms with Gasteiger partial charge in [0.15, 0.2) is 0 Å². The molecule has 1 N–H and O–H groups in total. The molecule has 0 aliphatic carbocycles. The Labute approximate surface area is 124 Å². The SMILES string of the molecule is CCCCCCCC(C)NCc1cccc(COC)c1. The third-order valence-electron chi connectivity index (χ3n) is 3.70. The molecule has 0 aliphatic rings. The highest BCUT2D eigenvalue weighted by molar-refractivity contribution is 5.22. The van der Waals surface area contributed by atoms with Crippen LogP contribution in [0.1, 0.15) is 63.5 Å². The van der Waals surface area contributed by atoms with Crippen molar-refractivity contribution in [3.05, 3.63) is 35.4 Å². The van der Waals surface area contributed by atoms with Gasteiger partial charge < -0.3 is 10.1 Å². The summed E-state index contributed by atoms with van der Waals surface area (Å²) in [6, 6.07) is 9.23. The molecular formula is C18H31NO. The van der Waals surface area contributed by atoms with Crippen LogP contribution in [-0.2, 0) is 17.9 Å². The molecule has 1 unspecified atom stereocenters. The Morgan fingerprint density at radius 2 is 1.85 bits per heavy atom. The standard InChI is InChI=1S/C18H31NO/c1-4-5-6-7-8-10-16(2)19-14-17-11-9-12-18(13-17)15-20-3/h9,11-13,16,19H,4-8,10,14-15H2,1-3H3. The zero-order valence-corrected chi connectivity index (χ0v) is 13.5. The first-order chi connectivity index (χ1) is 9.76. The minimum absolute atomic E-state index is 0.600. The second-order valence-electron chi connectivity index (χ2n) is 5.74. The number of unbranched alkanes of at least 4 members (excludes halogenated alkanes) is 4. The number of hydrogen-bond acceptors (Lipinski definition) is 2. The van der Waals surface area contributed by atoms with Crippen LogP contribution in [-0.4, -0.2) is 13.2 Å². The first-order valence-corrected chi connectivity index (χ1v) is 8.06. The molecule has 2 heteroatoms. The van der Waals surface area contributed by atoms with E-state index >= 15 is 0 Å². The summed E-state index contributed by atoms with van der Waals surface area (Å²) in [5.41, 5.74) is 2.59. The molecule has 1 atom stereocenters. The maximum Gasteiger partial charge on any atom is 0.0713 e. The van der Waals surface area contributed by atoms with E-state index in [0.717, 1.165) is 6.54 Å². The van der Waals surface area contributed by atoms with Crippen LogP contribution in [0.3, 0.4) is 0 Å². The Balaban J connectivity index is 2.19. The van der Waals surface area contributed by atoms with Crippen LogP contribution in [0.15, 0.2) is 24.3 Å². The highest BCUT2D eigenvalue weighted by atomic mass is 16.5. The van der Waals surface area contributed by atoms with Gasteiger partial charge in [0.1, 0.15) is 0 Å². The van der Waals surface area contributed by atoms with E-state index in [2.05, 4.69) is 43.4 Å². The number of methoxy groups -OCH3 is 1. The molecule has 0 fully saturated rings. The fourth-order valence-electron chi connectivity index (χ4n) is 2.44. The number of nitrogens with one attached hydrogen (secondary N) is 1. The van der Waals surface area contributed by atoms with E-state index in [1.54, 1.807) is 7.11 Å². The van der Waals surface area contributed by atoms with Crippen LogP contribution in [0, 0.1) is 0 Å². The second kappa shape index (κ2) is 10.9. The third kappa shape index (κ3) is 7.66. The van der Waals surface area contributed by atoms with Gasteiger partial charge in [-0.1, -0.05) is 63.3 Å². The summed E-state index contributed by atoms with van der Waals surface area (Å²) in [6.07, 6.45) is 8.10. The molecular weight excluding hydrogens is 246 g/mol. The summed E-state index contributed by atoms with van der Waals surface area (Å²) in [5, 5.41) is 3.62. The van der Waals surface area contributed by atoms with Gasteiger partial charge in [0.2, 0.25) is 0 Å². The quantitative estimate of drug-likeness (QED) is 0.593. The summed E-state index contributed by atoms with van der Waals surface area (Å²) in [5.74, 6) is 0. The Bertz CT molecular complexity index is 351. The highest BCUT2D eigenvalue weighted by Gasteiger charge is 2.02. The van der Waals surface area contributed by atoms with Crippen molar-refractivity contribution < 1.29 is 4.74 Å². The van der Waals surface area contributed by atoms with Gasteiger partial charge in [-0.3, -0.25) is 0 Å². The normalized spacial score (nSPS) is 12.6. The molecule has 0 aromatic heterocycles. The smallest absolute Gasteiger partial charge is 0.0713 e. The molecule has 0 saturated carbocycles. The number of rotatable bonds is 11. The van der Waals surface area contributed by atoms with Crippen LogP contribution in [0.5, 0.6) is 0 Å². The summed E-state index contributed by atoms with van der Waals surface area (Å²) in [4.78, 5) is 0. The number of ether oxygens (including phenoxy) is 1. The highest BCUT2D eigenvalue weighted by Crippen LogP contribution is 2.09. The monoisotopic (exact) mass is 277 g/mol. The lowest BCUT2D eigenvalue weighted by Crippen LogP contribution is -2.25. The minimum Gasteiger partial charge on any atom is -0.380 e. The summed E-state index contributed by atoms with van der Waals surface area (Å²) in [7, 11) is 1.74. The predicted molar refractivity (Wildman–Crippen MR) is 86.8 cm³/mol. The van der Waals surface area contributed by atoms with Crippen molar-refractivity contribution in [1.82, 2.24) is 5.32 Å². The zero-order chi connectivity index (χ0) is 14.6. The molecule has 20 heavy (non-hydrogen) atoms. The Hall–Kier alpha value is -0.860. The van der Waals surface area contributed by atoms with E-state index in [0.29, 0.717) is 12.6 Å². The molecule has 1 aromatic rings.